The number of ether oxygens (including phenoxy) is 1. The topological polar surface area (TPSA) is 70.2 Å². The van der Waals surface area contributed by atoms with E-state index in [4.69, 9.17) is 4.74 Å². The smallest absolute Gasteiger partial charge is 0.273 e. The maximum Gasteiger partial charge on any atom is 0.273 e. The summed E-state index contributed by atoms with van der Waals surface area (Å²) >= 11 is 1.18. The van der Waals surface area contributed by atoms with Gasteiger partial charge in [-0.25, -0.2) is 8.42 Å². The van der Waals surface area contributed by atoms with Gasteiger partial charge in [-0.05, 0) is 66.8 Å². The number of sulfonamides is 1. The zero-order valence-electron chi connectivity index (χ0n) is 19.6. The van der Waals surface area contributed by atoms with Crippen molar-refractivity contribution in [3.8, 4) is 5.75 Å². The lowest BCUT2D eigenvalue weighted by atomic mass is 10.1. The molecule has 0 atom stereocenters. The molecule has 1 saturated heterocycles. The molecule has 0 saturated carbocycles. The van der Waals surface area contributed by atoms with E-state index in [0.29, 0.717) is 28.7 Å². The van der Waals surface area contributed by atoms with Gasteiger partial charge in [0.15, 0.2) is 6.61 Å². The third kappa shape index (κ3) is 5.05. The molecule has 1 fully saturated rings. The van der Waals surface area contributed by atoms with Crippen LogP contribution in [0.3, 0.4) is 0 Å². The number of anilines is 2. The van der Waals surface area contributed by atoms with E-state index in [-0.39, 0.29) is 12.5 Å². The number of amides is 1. The van der Waals surface area contributed by atoms with Crippen molar-refractivity contribution in [1.82, 2.24) is 4.90 Å². The number of nitrogens with zero attached hydrogens (tertiary/aromatic N) is 3. The molecule has 1 aliphatic rings. The number of thiophene rings is 1. The summed E-state index contributed by atoms with van der Waals surface area (Å²) in [5.41, 5.74) is 4.30. The van der Waals surface area contributed by atoms with Crippen LogP contribution in [0.2, 0.25) is 0 Å². The van der Waals surface area contributed by atoms with Gasteiger partial charge in [-0.2, -0.15) is 0 Å². The predicted molar refractivity (Wildman–Crippen MR) is 137 cm³/mol. The van der Waals surface area contributed by atoms with Gasteiger partial charge in [0.05, 0.1) is 5.69 Å². The van der Waals surface area contributed by atoms with E-state index in [1.165, 1.54) is 39.5 Å². The molecule has 180 valence electrons. The van der Waals surface area contributed by atoms with Crippen molar-refractivity contribution in [2.75, 3.05) is 49.0 Å². The average molecular weight is 500 g/mol. The van der Waals surface area contributed by atoms with Crippen molar-refractivity contribution < 1.29 is 17.9 Å². The first-order valence-electron chi connectivity index (χ1n) is 11.1. The molecule has 0 N–H and O–H groups in total. The molecule has 0 bridgehead atoms. The Hall–Kier alpha value is -3.04. The van der Waals surface area contributed by atoms with Gasteiger partial charge in [0.25, 0.3) is 15.9 Å². The van der Waals surface area contributed by atoms with E-state index in [0.717, 1.165) is 13.1 Å². The molecule has 7 nitrogen and oxygen atoms in total. The molecule has 0 spiro atoms. The molecule has 34 heavy (non-hydrogen) atoms. The Morgan fingerprint density at radius 3 is 2.35 bits per heavy atom. The van der Waals surface area contributed by atoms with Gasteiger partial charge in [0.1, 0.15) is 9.96 Å². The van der Waals surface area contributed by atoms with Gasteiger partial charge in [-0.15, -0.1) is 11.3 Å². The minimum Gasteiger partial charge on any atom is -0.484 e. The van der Waals surface area contributed by atoms with Crippen molar-refractivity contribution in [3.05, 3.63) is 71.1 Å². The molecule has 4 rings (SSSR count). The summed E-state index contributed by atoms with van der Waals surface area (Å²) in [6.07, 6.45) is 0. The maximum absolute atomic E-state index is 12.7. The van der Waals surface area contributed by atoms with E-state index < -0.39 is 10.0 Å². The number of hydrogen-bond donors (Lipinski definition) is 0. The molecule has 0 unspecified atom stereocenters. The molecule has 0 aliphatic carbocycles. The molecule has 0 radical (unpaired) electrons. The molecule has 3 aromatic rings. The summed E-state index contributed by atoms with van der Waals surface area (Å²) in [4.78, 5) is 16.8. The van der Waals surface area contributed by atoms with Crippen molar-refractivity contribution >= 4 is 38.6 Å². The predicted octanol–water partition coefficient (Wildman–Crippen LogP) is 3.92. The number of carbonyl (C=O) groups is 1. The van der Waals surface area contributed by atoms with Crippen molar-refractivity contribution in [2.45, 2.75) is 18.1 Å². The highest BCUT2D eigenvalue weighted by Gasteiger charge is 2.24. The van der Waals surface area contributed by atoms with Gasteiger partial charge in [0, 0.05) is 38.9 Å². The Kier molecular flexibility index (Phi) is 7.13. The molecule has 1 aliphatic heterocycles. The van der Waals surface area contributed by atoms with E-state index in [9.17, 15) is 13.2 Å². The second-order valence-corrected chi connectivity index (χ2v) is 11.4. The molecule has 9 heteroatoms. The van der Waals surface area contributed by atoms with Crippen molar-refractivity contribution in [2.24, 2.45) is 0 Å². The number of aryl methyl sites for hydroxylation is 1. The van der Waals surface area contributed by atoms with E-state index in [1.54, 1.807) is 41.8 Å². The lowest BCUT2D eigenvalue weighted by Crippen LogP contribution is -2.50. The minimum absolute atomic E-state index is 0.0495. The van der Waals surface area contributed by atoms with Crippen LogP contribution in [-0.2, 0) is 14.8 Å². The Balaban J connectivity index is 1.29. The second kappa shape index (κ2) is 10.1. The molecule has 1 aromatic heterocycles. The van der Waals surface area contributed by atoms with Crippen LogP contribution < -0.4 is 13.9 Å². The summed E-state index contributed by atoms with van der Waals surface area (Å²) in [5, 5.41) is 1.73. The number of benzene rings is 2. The summed E-state index contributed by atoms with van der Waals surface area (Å²) < 4.78 is 32.6. The summed E-state index contributed by atoms with van der Waals surface area (Å²) in [6.45, 7) is 7.08. The Labute approximate surface area is 205 Å². The van der Waals surface area contributed by atoms with Crippen LogP contribution in [0.4, 0.5) is 11.4 Å². The SMILES string of the molecule is Cc1cccc(N2CCN(C(=O)COc3ccc(N(C)S(=O)(=O)c4cccs4)cc3)CC2)c1C. The van der Waals surface area contributed by atoms with Crippen LogP contribution in [0.5, 0.6) is 5.75 Å². The third-order valence-corrected chi connectivity index (χ3v) is 9.38. The fourth-order valence-electron chi connectivity index (χ4n) is 3.95. The number of piperazine rings is 1. The van der Waals surface area contributed by atoms with Gasteiger partial charge >= 0.3 is 0 Å². The van der Waals surface area contributed by atoms with Crippen molar-refractivity contribution in [3.63, 3.8) is 0 Å². The second-order valence-electron chi connectivity index (χ2n) is 8.27. The van der Waals surface area contributed by atoms with Gasteiger partial charge < -0.3 is 14.5 Å². The van der Waals surface area contributed by atoms with E-state index in [1.807, 2.05) is 4.90 Å². The number of carbonyl (C=O) groups excluding carboxylic acids is 1. The highest BCUT2D eigenvalue weighted by atomic mass is 32.2. The first-order chi connectivity index (χ1) is 16.3. The zero-order chi connectivity index (χ0) is 24.3. The molecular weight excluding hydrogens is 470 g/mol. The first-order valence-corrected chi connectivity index (χ1v) is 13.4. The monoisotopic (exact) mass is 499 g/mol. The van der Waals surface area contributed by atoms with Crippen LogP contribution in [0.25, 0.3) is 0 Å². The highest BCUT2D eigenvalue weighted by Crippen LogP contribution is 2.27. The van der Waals surface area contributed by atoms with Crippen LogP contribution in [-0.4, -0.2) is 59.1 Å². The summed E-state index contributed by atoms with van der Waals surface area (Å²) in [5.74, 6) is 0.468. The van der Waals surface area contributed by atoms with Crippen LogP contribution in [0.15, 0.2) is 64.2 Å². The van der Waals surface area contributed by atoms with E-state index >= 15 is 0 Å². The lowest BCUT2D eigenvalue weighted by Gasteiger charge is -2.37. The first kappa shape index (κ1) is 24.1. The van der Waals surface area contributed by atoms with Crippen LogP contribution in [0, 0.1) is 13.8 Å². The number of hydrogen-bond acceptors (Lipinski definition) is 6. The highest BCUT2D eigenvalue weighted by molar-refractivity contribution is 7.94. The summed E-state index contributed by atoms with van der Waals surface area (Å²) in [6, 6.07) is 16.3. The Bertz CT molecular complexity index is 1230. The lowest BCUT2D eigenvalue weighted by molar-refractivity contribution is -0.133. The number of rotatable bonds is 7. The Morgan fingerprint density at radius 1 is 1.00 bits per heavy atom. The van der Waals surface area contributed by atoms with E-state index in [2.05, 4.69) is 36.9 Å². The fraction of sp³-hybridized carbons (Fsp3) is 0.320. The van der Waals surface area contributed by atoms with Crippen molar-refractivity contribution in [1.29, 1.82) is 0 Å². The summed E-state index contributed by atoms with van der Waals surface area (Å²) in [7, 11) is -2.07. The third-order valence-electron chi connectivity index (χ3n) is 6.22. The van der Waals surface area contributed by atoms with Crippen LogP contribution >= 0.6 is 11.3 Å². The minimum atomic E-state index is -3.59. The molecule has 2 heterocycles. The molecular formula is C25H29N3O4S2. The average Bonchev–Trinajstić information content (AvgIpc) is 3.40. The Morgan fingerprint density at radius 2 is 1.71 bits per heavy atom. The van der Waals surface area contributed by atoms with Gasteiger partial charge in [-0.3, -0.25) is 9.10 Å². The standard InChI is InChI=1S/C25H29N3O4S2/c1-19-6-4-7-23(20(19)2)27-13-15-28(16-14-27)24(29)18-32-22-11-9-21(10-12-22)26(3)34(30,31)25-8-5-17-33-25/h4-12,17H,13-16,18H2,1-3H3. The van der Waals surface area contributed by atoms with Crippen LogP contribution in [0.1, 0.15) is 11.1 Å². The van der Waals surface area contributed by atoms with Gasteiger partial charge in [-0.1, -0.05) is 18.2 Å². The zero-order valence-corrected chi connectivity index (χ0v) is 21.2. The fourth-order valence-corrected chi connectivity index (χ4v) is 6.30. The molecule has 2 aromatic carbocycles. The molecule has 1 amide bonds. The maximum atomic E-state index is 12.7. The normalized spacial score (nSPS) is 14.2. The quantitative estimate of drug-likeness (QED) is 0.493. The largest absolute Gasteiger partial charge is 0.484 e. The van der Waals surface area contributed by atoms with Gasteiger partial charge in [0.2, 0.25) is 0 Å².